The average Bonchev–Trinajstić information content (AvgIpc) is 3.39. The highest BCUT2D eigenvalue weighted by atomic mass is 32.2. The molecule has 0 aliphatic heterocycles. The molecular weight excluding hydrogens is 422 g/mol. The first kappa shape index (κ1) is 24.5. The lowest BCUT2D eigenvalue weighted by Crippen LogP contribution is -2.35. The van der Waals surface area contributed by atoms with E-state index in [1.165, 1.54) is 0 Å². The van der Waals surface area contributed by atoms with Gasteiger partial charge < -0.3 is 9.47 Å². The number of benzene rings is 1. The Morgan fingerprint density at radius 1 is 1.25 bits per heavy atom. The predicted octanol–water partition coefficient (Wildman–Crippen LogP) is 4.75. The van der Waals surface area contributed by atoms with E-state index >= 15 is 0 Å². The second kappa shape index (κ2) is 9.38. The highest BCUT2D eigenvalue weighted by molar-refractivity contribution is 7.90. The lowest BCUT2D eigenvalue weighted by atomic mass is 9.91. The SMILES string of the molecule is Cc1cccc(CS(=O)(=O)c2ncc(CN(C(=O)CC(C)(C)C)C3CC3)n2CC(C)C)c1. The van der Waals surface area contributed by atoms with E-state index in [0.717, 1.165) is 29.7 Å². The monoisotopic (exact) mass is 459 g/mol. The molecule has 1 fully saturated rings. The fourth-order valence-electron chi connectivity index (χ4n) is 3.95. The Labute approximate surface area is 193 Å². The quantitative estimate of drug-likeness (QED) is 0.542. The number of aryl methyl sites for hydroxylation is 1. The van der Waals surface area contributed by atoms with Crippen LogP contribution in [0.15, 0.2) is 35.6 Å². The van der Waals surface area contributed by atoms with Crippen molar-refractivity contribution in [2.45, 2.75) is 90.8 Å². The maximum absolute atomic E-state index is 13.3. The number of sulfone groups is 1. The molecule has 7 heteroatoms. The summed E-state index contributed by atoms with van der Waals surface area (Å²) in [7, 11) is -3.63. The van der Waals surface area contributed by atoms with Gasteiger partial charge in [-0.3, -0.25) is 4.79 Å². The number of hydrogen-bond donors (Lipinski definition) is 0. The Balaban J connectivity index is 1.91. The van der Waals surface area contributed by atoms with Crippen LogP contribution in [0.25, 0.3) is 0 Å². The summed E-state index contributed by atoms with van der Waals surface area (Å²) in [6, 6.07) is 7.81. The third-order valence-corrected chi connectivity index (χ3v) is 7.08. The van der Waals surface area contributed by atoms with Crippen molar-refractivity contribution in [2.75, 3.05) is 0 Å². The van der Waals surface area contributed by atoms with Crippen LogP contribution in [0.1, 0.15) is 70.7 Å². The number of aromatic nitrogens is 2. The van der Waals surface area contributed by atoms with Crippen molar-refractivity contribution in [3.8, 4) is 0 Å². The maximum Gasteiger partial charge on any atom is 0.228 e. The minimum absolute atomic E-state index is 0.0848. The molecular formula is C25H37N3O3S. The van der Waals surface area contributed by atoms with Gasteiger partial charge in [0, 0.05) is 19.0 Å². The van der Waals surface area contributed by atoms with E-state index in [2.05, 4.69) is 39.6 Å². The zero-order valence-electron chi connectivity index (χ0n) is 20.3. The van der Waals surface area contributed by atoms with Crippen LogP contribution in [0.5, 0.6) is 0 Å². The molecule has 176 valence electrons. The van der Waals surface area contributed by atoms with E-state index in [9.17, 15) is 13.2 Å². The van der Waals surface area contributed by atoms with Gasteiger partial charge in [-0.25, -0.2) is 13.4 Å². The molecule has 6 nitrogen and oxygen atoms in total. The van der Waals surface area contributed by atoms with Gasteiger partial charge in [0.2, 0.25) is 20.9 Å². The van der Waals surface area contributed by atoms with Crippen molar-refractivity contribution in [1.82, 2.24) is 14.5 Å². The van der Waals surface area contributed by atoms with Crippen molar-refractivity contribution in [3.05, 3.63) is 47.3 Å². The molecule has 0 saturated heterocycles. The van der Waals surface area contributed by atoms with Crippen molar-refractivity contribution in [3.63, 3.8) is 0 Å². The summed E-state index contributed by atoms with van der Waals surface area (Å²) in [6.45, 7) is 13.2. The molecule has 1 aliphatic carbocycles. The molecule has 3 rings (SSSR count). The van der Waals surface area contributed by atoms with E-state index in [1.54, 1.807) is 6.20 Å². The Hall–Kier alpha value is -2.15. The molecule has 0 N–H and O–H groups in total. The van der Waals surface area contributed by atoms with Gasteiger partial charge in [0.25, 0.3) is 0 Å². The fraction of sp³-hybridized carbons (Fsp3) is 0.600. The van der Waals surface area contributed by atoms with Gasteiger partial charge in [-0.2, -0.15) is 0 Å². The Morgan fingerprint density at radius 3 is 2.50 bits per heavy atom. The Morgan fingerprint density at radius 2 is 1.94 bits per heavy atom. The van der Waals surface area contributed by atoms with Crippen LogP contribution in [0.3, 0.4) is 0 Å². The molecule has 1 amide bonds. The van der Waals surface area contributed by atoms with E-state index < -0.39 is 9.84 Å². The van der Waals surface area contributed by atoms with E-state index in [0.29, 0.717) is 19.5 Å². The number of rotatable bonds is 9. The third-order valence-electron chi connectivity index (χ3n) is 5.49. The zero-order valence-corrected chi connectivity index (χ0v) is 21.1. The number of amides is 1. The molecule has 1 aromatic carbocycles. The highest BCUT2D eigenvalue weighted by Crippen LogP contribution is 2.32. The standard InChI is InChI=1S/C25H37N3O3S/c1-18(2)15-28-22(16-27(21-10-11-21)23(29)13-25(4,5)6)14-26-24(28)32(30,31)17-20-9-7-8-19(3)12-20/h7-9,12,14,18,21H,10-11,13,15-17H2,1-6H3. The molecule has 0 spiro atoms. The summed E-state index contributed by atoms with van der Waals surface area (Å²) in [6.07, 6.45) is 4.13. The highest BCUT2D eigenvalue weighted by Gasteiger charge is 2.35. The van der Waals surface area contributed by atoms with Gasteiger partial charge in [-0.05, 0) is 36.7 Å². The minimum atomic E-state index is -3.63. The first-order valence-corrected chi connectivity index (χ1v) is 13.1. The normalized spacial score (nSPS) is 14.7. The summed E-state index contributed by atoms with van der Waals surface area (Å²) >= 11 is 0. The number of imidazole rings is 1. The number of hydrogen-bond acceptors (Lipinski definition) is 4. The van der Waals surface area contributed by atoms with Crippen molar-refractivity contribution >= 4 is 15.7 Å². The van der Waals surface area contributed by atoms with Crippen LogP contribution < -0.4 is 0 Å². The van der Waals surface area contributed by atoms with Gasteiger partial charge in [-0.1, -0.05) is 64.4 Å². The lowest BCUT2D eigenvalue weighted by molar-refractivity contribution is -0.134. The summed E-state index contributed by atoms with van der Waals surface area (Å²) in [5, 5.41) is 0.0988. The molecule has 0 unspecified atom stereocenters. The molecule has 2 aromatic rings. The average molecular weight is 460 g/mol. The smallest absolute Gasteiger partial charge is 0.228 e. The lowest BCUT2D eigenvalue weighted by Gasteiger charge is -2.27. The van der Waals surface area contributed by atoms with Gasteiger partial charge in [0.1, 0.15) is 0 Å². The number of nitrogens with zero attached hydrogens (tertiary/aromatic N) is 3. The second-order valence-corrected chi connectivity index (χ2v) is 12.7. The Kier molecular flexibility index (Phi) is 7.18. The minimum Gasteiger partial charge on any atom is -0.334 e. The maximum atomic E-state index is 13.3. The van der Waals surface area contributed by atoms with Crippen molar-refractivity contribution in [1.29, 1.82) is 0 Å². The van der Waals surface area contributed by atoms with Gasteiger partial charge >= 0.3 is 0 Å². The van der Waals surface area contributed by atoms with E-state index in [4.69, 9.17) is 0 Å². The second-order valence-electron chi connectivity index (χ2n) is 10.8. The van der Waals surface area contributed by atoms with Crippen LogP contribution in [-0.4, -0.2) is 34.8 Å². The molecule has 1 aliphatic rings. The molecule has 1 heterocycles. The van der Waals surface area contributed by atoms with Crippen LogP contribution in [0.2, 0.25) is 0 Å². The van der Waals surface area contributed by atoms with Gasteiger partial charge in [0.05, 0.1) is 24.2 Å². The van der Waals surface area contributed by atoms with E-state index in [-0.39, 0.29) is 34.2 Å². The number of carbonyl (C=O) groups is 1. The summed E-state index contributed by atoms with van der Waals surface area (Å²) in [4.78, 5) is 19.3. The first-order valence-electron chi connectivity index (χ1n) is 11.5. The molecule has 0 radical (unpaired) electrons. The molecule has 1 aromatic heterocycles. The van der Waals surface area contributed by atoms with Gasteiger partial charge in [0.15, 0.2) is 0 Å². The molecule has 0 atom stereocenters. The molecule has 32 heavy (non-hydrogen) atoms. The Bertz CT molecular complexity index is 1060. The van der Waals surface area contributed by atoms with E-state index in [1.807, 2.05) is 40.7 Å². The predicted molar refractivity (Wildman–Crippen MR) is 127 cm³/mol. The topological polar surface area (TPSA) is 72.3 Å². The third kappa shape index (κ3) is 6.44. The fourth-order valence-corrected chi connectivity index (χ4v) is 5.44. The van der Waals surface area contributed by atoms with Gasteiger partial charge in [-0.15, -0.1) is 0 Å². The zero-order chi connectivity index (χ0) is 23.7. The summed E-state index contributed by atoms with van der Waals surface area (Å²) < 4.78 is 28.5. The summed E-state index contributed by atoms with van der Waals surface area (Å²) in [5.41, 5.74) is 2.48. The summed E-state index contributed by atoms with van der Waals surface area (Å²) in [5.74, 6) is 0.287. The van der Waals surface area contributed by atoms with Crippen LogP contribution >= 0.6 is 0 Å². The van der Waals surface area contributed by atoms with Crippen LogP contribution in [-0.2, 0) is 33.5 Å². The number of carbonyl (C=O) groups excluding carboxylic acids is 1. The van der Waals surface area contributed by atoms with Crippen molar-refractivity contribution < 1.29 is 13.2 Å². The van der Waals surface area contributed by atoms with Crippen molar-refractivity contribution in [2.24, 2.45) is 11.3 Å². The van der Waals surface area contributed by atoms with Crippen LogP contribution in [0.4, 0.5) is 0 Å². The molecule has 0 bridgehead atoms. The first-order chi connectivity index (χ1) is 14.9. The largest absolute Gasteiger partial charge is 0.334 e. The van der Waals surface area contributed by atoms with Crippen LogP contribution in [0, 0.1) is 18.3 Å². The molecule has 1 saturated carbocycles.